The summed E-state index contributed by atoms with van der Waals surface area (Å²) in [6, 6.07) is 0. The van der Waals surface area contributed by atoms with Crippen molar-refractivity contribution in [2.75, 3.05) is 0 Å². The Morgan fingerprint density at radius 1 is 1.29 bits per heavy atom. The van der Waals surface area contributed by atoms with E-state index in [1.165, 1.54) is 19.3 Å². The predicted molar refractivity (Wildman–Crippen MR) is 56.9 cm³/mol. The molecule has 0 bridgehead atoms. The zero-order valence-electron chi connectivity index (χ0n) is 9.16. The molecule has 1 aliphatic rings. The van der Waals surface area contributed by atoms with Crippen molar-refractivity contribution in [3.8, 4) is 0 Å². The van der Waals surface area contributed by atoms with Gasteiger partial charge in [0.15, 0.2) is 0 Å². The van der Waals surface area contributed by atoms with E-state index in [9.17, 15) is 4.79 Å². The van der Waals surface area contributed by atoms with E-state index < -0.39 is 0 Å². The fraction of sp³-hybridized carbons (Fsp3) is 0.750. The number of esters is 1. The number of carbonyl (C=O) groups is 1. The van der Waals surface area contributed by atoms with E-state index in [4.69, 9.17) is 4.74 Å². The maximum absolute atomic E-state index is 11.3. The van der Waals surface area contributed by atoms with Crippen LogP contribution in [0.1, 0.15) is 46.0 Å². The number of hydrogen-bond acceptors (Lipinski definition) is 2. The Kier molecular flexibility index (Phi) is 4.71. The summed E-state index contributed by atoms with van der Waals surface area (Å²) < 4.78 is 5.32. The van der Waals surface area contributed by atoms with Crippen molar-refractivity contribution in [3.63, 3.8) is 0 Å². The Morgan fingerprint density at radius 2 is 1.93 bits per heavy atom. The Labute approximate surface area is 86.3 Å². The molecule has 2 nitrogen and oxygen atoms in total. The summed E-state index contributed by atoms with van der Waals surface area (Å²) in [4.78, 5) is 11.3. The van der Waals surface area contributed by atoms with E-state index in [2.05, 4.69) is 0 Å². The largest absolute Gasteiger partial charge is 0.459 e. The minimum atomic E-state index is -0.175. The molecule has 0 heterocycles. The zero-order valence-corrected chi connectivity index (χ0v) is 9.16. The molecule has 1 aliphatic carbocycles. The van der Waals surface area contributed by atoms with Gasteiger partial charge in [0.1, 0.15) is 6.10 Å². The third-order valence-electron chi connectivity index (χ3n) is 2.45. The smallest absolute Gasteiger partial charge is 0.330 e. The Balaban J connectivity index is 2.25. The third kappa shape index (κ3) is 4.45. The minimum Gasteiger partial charge on any atom is -0.459 e. The van der Waals surface area contributed by atoms with Crippen LogP contribution in [0, 0.1) is 5.92 Å². The molecular formula is C12H20O2. The summed E-state index contributed by atoms with van der Waals surface area (Å²) in [6.45, 7) is 4.09. The maximum Gasteiger partial charge on any atom is 0.330 e. The molecule has 80 valence electrons. The second-order valence-electron chi connectivity index (χ2n) is 4.30. The van der Waals surface area contributed by atoms with E-state index in [0.29, 0.717) is 5.92 Å². The third-order valence-corrected chi connectivity index (χ3v) is 2.45. The lowest BCUT2D eigenvalue weighted by atomic mass is 9.98. The van der Waals surface area contributed by atoms with E-state index in [-0.39, 0.29) is 12.1 Å². The van der Waals surface area contributed by atoms with Gasteiger partial charge in [0.2, 0.25) is 0 Å². The average molecular weight is 196 g/mol. The molecule has 0 radical (unpaired) electrons. The van der Waals surface area contributed by atoms with Crippen molar-refractivity contribution in [1.29, 1.82) is 0 Å². The highest BCUT2D eigenvalue weighted by molar-refractivity contribution is 5.82. The van der Waals surface area contributed by atoms with Crippen LogP contribution in [-0.2, 0) is 9.53 Å². The predicted octanol–water partition coefficient (Wildman–Crippen LogP) is 3.07. The Morgan fingerprint density at radius 3 is 2.50 bits per heavy atom. The molecule has 0 aliphatic heterocycles. The topological polar surface area (TPSA) is 26.3 Å². The lowest BCUT2D eigenvalue weighted by Gasteiger charge is -2.20. The molecule has 1 rings (SSSR count). The van der Waals surface area contributed by atoms with E-state index in [1.54, 1.807) is 6.08 Å². The van der Waals surface area contributed by atoms with Crippen molar-refractivity contribution in [3.05, 3.63) is 12.2 Å². The van der Waals surface area contributed by atoms with Gasteiger partial charge in [-0.25, -0.2) is 4.79 Å². The molecule has 0 atom stereocenters. The number of ether oxygens (including phenoxy) is 1. The lowest BCUT2D eigenvalue weighted by molar-refractivity contribution is -0.144. The molecule has 0 N–H and O–H groups in total. The molecule has 0 spiro atoms. The molecule has 0 saturated heterocycles. The summed E-state index contributed by atoms with van der Waals surface area (Å²) >= 11 is 0. The van der Waals surface area contributed by atoms with Crippen LogP contribution in [0.5, 0.6) is 0 Å². The van der Waals surface area contributed by atoms with Gasteiger partial charge in [0.25, 0.3) is 0 Å². The van der Waals surface area contributed by atoms with Gasteiger partial charge in [-0.1, -0.05) is 26.3 Å². The second-order valence-corrected chi connectivity index (χ2v) is 4.30. The van der Waals surface area contributed by atoms with E-state index in [1.807, 2.05) is 19.9 Å². The van der Waals surface area contributed by atoms with Crippen molar-refractivity contribution in [1.82, 2.24) is 0 Å². The highest BCUT2D eigenvalue weighted by Gasteiger charge is 2.15. The van der Waals surface area contributed by atoms with E-state index >= 15 is 0 Å². The van der Waals surface area contributed by atoms with Gasteiger partial charge in [-0.05, 0) is 31.6 Å². The van der Waals surface area contributed by atoms with Crippen LogP contribution in [-0.4, -0.2) is 12.1 Å². The molecule has 0 unspecified atom stereocenters. The summed E-state index contributed by atoms with van der Waals surface area (Å²) in [5, 5.41) is 0. The molecule has 1 saturated carbocycles. The van der Waals surface area contributed by atoms with Crippen molar-refractivity contribution in [2.24, 2.45) is 5.92 Å². The van der Waals surface area contributed by atoms with Crippen LogP contribution in [0.25, 0.3) is 0 Å². The van der Waals surface area contributed by atoms with Gasteiger partial charge in [0, 0.05) is 6.08 Å². The molecule has 0 aromatic heterocycles. The monoisotopic (exact) mass is 196 g/mol. The first kappa shape index (κ1) is 11.3. The Bertz CT molecular complexity index is 200. The van der Waals surface area contributed by atoms with Gasteiger partial charge >= 0.3 is 5.97 Å². The molecular weight excluding hydrogens is 176 g/mol. The molecule has 2 heteroatoms. The van der Waals surface area contributed by atoms with Crippen LogP contribution in [0.2, 0.25) is 0 Å². The molecule has 0 aromatic rings. The van der Waals surface area contributed by atoms with Crippen LogP contribution in [0.4, 0.5) is 0 Å². The number of hydrogen-bond donors (Lipinski definition) is 0. The van der Waals surface area contributed by atoms with Gasteiger partial charge in [-0.15, -0.1) is 0 Å². The number of carbonyl (C=O) groups excluding carboxylic acids is 1. The first-order valence-electron chi connectivity index (χ1n) is 5.57. The van der Waals surface area contributed by atoms with Crippen LogP contribution >= 0.6 is 0 Å². The zero-order chi connectivity index (χ0) is 10.4. The first-order valence-corrected chi connectivity index (χ1v) is 5.57. The second kappa shape index (κ2) is 5.84. The quantitative estimate of drug-likeness (QED) is 0.512. The molecule has 1 fully saturated rings. The minimum absolute atomic E-state index is 0.174. The van der Waals surface area contributed by atoms with Gasteiger partial charge in [0.05, 0.1) is 0 Å². The summed E-state index contributed by atoms with van der Waals surface area (Å²) in [5.41, 5.74) is 0. The highest BCUT2D eigenvalue weighted by Crippen LogP contribution is 2.20. The van der Waals surface area contributed by atoms with E-state index in [0.717, 1.165) is 12.8 Å². The van der Waals surface area contributed by atoms with Gasteiger partial charge in [-0.2, -0.15) is 0 Å². The summed E-state index contributed by atoms with van der Waals surface area (Å²) in [5.74, 6) is 0.236. The first-order chi connectivity index (χ1) is 6.68. The molecule has 0 aromatic carbocycles. The van der Waals surface area contributed by atoms with Crippen molar-refractivity contribution in [2.45, 2.75) is 52.1 Å². The number of rotatable bonds is 3. The standard InChI is InChI=1S/C12H20O2/c1-10(2)8-9-12(13)14-11-6-4-3-5-7-11/h8-11H,3-7H2,1-2H3/b9-8-. The normalized spacial score (nSPS) is 19.1. The van der Waals surface area contributed by atoms with Crippen molar-refractivity contribution >= 4 is 5.97 Å². The maximum atomic E-state index is 11.3. The SMILES string of the molecule is CC(C)/C=C\C(=O)OC1CCCCC1. The summed E-state index contributed by atoms with van der Waals surface area (Å²) in [7, 11) is 0. The van der Waals surface area contributed by atoms with Crippen LogP contribution in [0.3, 0.4) is 0 Å². The van der Waals surface area contributed by atoms with Crippen LogP contribution in [0.15, 0.2) is 12.2 Å². The fourth-order valence-electron chi connectivity index (χ4n) is 1.66. The highest BCUT2D eigenvalue weighted by atomic mass is 16.5. The Hall–Kier alpha value is -0.790. The summed E-state index contributed by atoms with van der Waals surface area (Å²) in [6.07, 6.45) is 9.38. The molecule has 14 heavy (non-hydrogen) atoms. The number of allylic oxidation sites excluding steroid dienone is 1. The van der Waals surface area contributed by atoms with Crippen molar-refractivity contribution < 1.29 is 9.53 Å². The van der Waals surface area contributed by atoms with Gasteiger partial charge < -0.3 is 4.74 Å². The molecule has 0 amide bonds. The fourth-order valence-corrected chi connectivity index (χ4v) is 1.66. The lowest BCUT2D eigenvalue weighted by Crippen LogP contribution is -2.19. The van der Waals surface area contributed by atoms with Crippen LogP contribution < -0.4 is 0 Å². The average Bonchev–Trinajstić information content (AvgIpc) is 2.16. The van der Waals surface area contributed by atoms with Gasteiger partial charge in [-0.3, -0.25) is 0 Å².